The molecule has 172 valence electrons. The third kappa shape index (κ3) is 8.12. The van der Waals surface area contributed by atoms with Gasteiger partial charge in [-0.3, -0.25) is 4.79 Å². The van der Waals surface area contributed by atoms with Crippen LogP contribution in [0.4, 0.5) is 0 Å². The van der Waals surface area contributed by atoms with E-state index < -0.39 is 0 Å². The Morgan fingerprint density at radius 2 is 1.47 bits per heavy atom. The van der Waals surface area contributed by atoms with Gasteiger partial charge in [-0.15, -0.1) is 0 Å². The molecule has 3 nitrogen and oxygen atoms in total. The van der Waals surface area contributed by atoms with Crippen LogP contribution in [0.3, 0.4) is 0 Å². The fourth-order valence-electron chi connectivity index (χ4n) is 4.28. The highest BCUT2D eigenvalue weighted by Gasteiger charge is 2.15. The van der Waals surface area contributed by atoms with Crippen LogP contribution < -0.4 is 0 Å². The van der Waals surface area contributed by atoms with Crippen molar-refractivity contribution in [3.63, 3.8) is 0 Å². The standard InChI is InChI=1S/C28H37BrN2O/c29-20-13-6-4-2-1-3-5-10-18-28(32)31(23-24-14-8-7-9-15-24)21-19-25-22-30-27-17-12-11-16-26(25)27/h7-9,11-12,14-17,22,30H,1-6,10,13,18-21,23H2. The van der Waals surface area contributed by atoms with Crippen molar-refractivity contribution in [2.75, 3.05) is 11.9 Å². The minimum Gasteiger partial charge on any atom is -0.361 e. The van der Waals surface area contributed by atoms with Crippen molar-refractivity contribution in [2.45, 2.75) is 70.8 Å². The zero-order valence-electron chi connectivity index (χ0n) is 19.2. The van der Waals surface area contributed by atoms with E-state index in [1.807, 2.05) is 6.07 Å². The van der Waals surface area contributed by atoms with Crippen molar-refractivity contribution >= 4 is 32.7 Å². The third-order valence-corrected chi connectivity index (χ3v) is 6.73. The SMILES string of the molecule is O=C(CCCCCCCCCCBr)N(CCc1c[nH]c2ccccc12)Cc1ccccc1. The second-order valence-electron chi connectivity index (χ2n) is 8.68. The van der Waals surface area contributed by atoms with Gasteiger partial charge < -0.3 is 9.88 Å². The number of H-pyrrole nitrogens is 1. The molecule has 3 rings (SSSR count). The Hall–Kier alpha value is -2.07. The number of carbonyl (C=O) groups excluding carboxylic acids is 1. The van der Waals surface area contributed by atoms with Crippen molar-refractivity contribution in [3.8, 4) is 0 Å². The maximum atomic E-state index is 13.1. The minimum atomic E-state index is 0.283. The van der Waals surface area contributed by atoms with Gasteiger partial charge in [-0.2, -0.15) is 0 Å². The second kappa shape index (κ2) is 14.2. The lowest BCUT2D eigenvalue weighted by Gasteiger charge is -2.23. The summed E-state index contributed by atoms with van der Waals surface area (Å²) in [6, 6.07) is 18.7. The van der Waals surface area contributed by atoms with E-state index in [9.17, 15) is 4.79 Å². The van der Waals surface area contributed by atoms with Crippen LogP contribution in [0.15, 0.2) is 60.8 Å². The van der Waals surface area contributed by atoms with Gasteiger partial charge in [0.2, 0.25) is 5.91 Å². The average Bonchev–Trinajstić information content (AvgIpc) is 3.24. The first kappa shape index (κ1) is 24.6. The first-order valence-corrected chi connectivity index (χ1v) is 13.3. The number of aromatic nitrogens is 1. The van der Waals surface area contributed by atoms with Crippen molar-refractivity contribution in [1.82, 2.24) is 9.88 Å². The van der Waals surface area contributed by atoms with E-state index in [4.69, 9.17) is 0 Å². The number of hydrogen-bond donors (Lipinski definition) is 1. The number of alkyl halides is 1. The molecular weight excluding hydrogens is 460 g/mol. The quantitative estimate of drug-likeness (QED) is 0.170. The number of benzene rings is 2. The highest BCUT2D eigenvalue weighted by atomic mass is 79.9. The molecule has 0 saturated heterocycles. The van der Waals surface area contributed by atoms with Crippen molar-refractivity contribution in [3.05, 3.63) is 71.9 Å². The number of halogens is 1. The van der Waals surface area contributed by atoms with Gasteiger partial charge in [-0.1, -0.05) is 103 Å². The molecule has 4 heteroatoms. The summed E-state index contributed by atoms with van der Waals surface area (Å²) in [4.78, 5) is 18.5. The fraction of sp³-hybridized carbons (Fsp3) is 0.464. The summed E-state index contributed by atoms with van der Waals surface area (Å²) in [5.41, 5.74) is 3.64. The number of unbranched alkanes of at least 4 members (excludes halogenated alkanes) is 7. The molecule has 0 aliphatic carbocycles. The molecule has 1 aromatic heterocycles. The molecule has 0 spiro atoms. The van der Waals surface area contributed by atoms with Gasteiger partial charge in [-0.25, -0.2) is 0 Å². The number of fused-ring (bicyclic) bond motifs is 1. The Morgan fingerprint density at radius 3 is 2.22 bits per heavy atom. The van der Waals surface area contributed by atoms with Crippen molar-refractivity contribution in [2.24, 2.45) is 0 Å². The van der Waals surface area contributed by atoms with E-state index in [0.29, 0.717) is 13.0 Å². The smallest absolute Gasteiger partial charge is 0.222 e. The number of rotatable bonds is 15. The molecule has 1 heterocycles. The van der Waals surface area contributed by atoms with Crippen LogP contribution in [0.25, 0.3) is 10.9 Å². The number of aromatic amines is 1. The molecule has 3 aromatic rings. The van der Waals surface area contributed by atoms with Gasteiger partial charge in [0.25, 0.3) is 0 Å². The van der Waals surface area contributed by atoms with Gasteiger partial charge in [0.15, 0.2) is 0 Å². The Bertz CT molecular complexity index is 921. The Balaban J connectivity index is 1.48. The van der Waals surface area contributed by atoms with E-state index >= 15 is 0 Å². The van der Waals surface area contributed by atoms with Gasteiger partial charge in [0.05, 0.1) is 0 Å². The topological polar surface area (TPSA) is 36.1 Å². The monoisotopic (exact) mass is 496 g/mol. The fourth-order valence-corrected chi connectivity index (χ4v) is 4.68. The Morgan fingerprint density at radius 1 is 0.812 bits per heavy atom. The number of carbonyl (C=O) groups is 1. The number of nitrogens with zero attached hydrogens (tertiary/aromatic N) is 1. The molecule has 1 amide bonds. The van der Waals surface area contributed by atoms with Crippen LogP contribution in [0.5, 0.6) is 0 Å². The predicted octanol–water partition coefficient (Wildman–Crippen LogP) is 7.65. The van der Waals surface area contributed by atoms with E-state index in [-0.39, 0.29) is 5.91 Å². The van der Waals surface area contributed by atoms with Crippen LogP contribution in [0, 0.1) is 0 Å². The van der Waals surface area contributed by atoms with E-state index in [2.05, 4.69) is 80.5 Å². The summed E-state index contributed by atoms with van der Waals surface area (Å²) in [5.74, 6) is 0.283. The normalized spacial score (nSPS) is 11.2. The molecule has 1 N–H and O–H groups in total. The molecule has 0 fully saturated rings. The van der Waals surface area contributed by atoms with E-state index in [1.54, 1.807) is 0 Å². The molecule has 32 heavy (non-hydrogen) atoms. The highest BCUT2D eigenvalue weighted by molar-refractivity contribution is 9.09. The lowest BCUT2D eigenvalue weighted by Crippen LogP contribution is -2.32. The second-order valence-corrected chi connectivity index (χ2v) is 9.47. The summed E-state index contributed by atoms with van der Waals surface area (Å²) in [6.07, 6.45) is 13.6. The van der Waals surface area contributed by atoms with Gasteiger partial charge in [0.1, 0.15) is 0 Å². The summed E-state index contributed by atoms with van der Waals surface area (Å²) >= 11 is 3.49. The minimum absolute atomic E-state index is 0.283. The molecule has 0 atom stereocenters. The number of hydrogen-bond acceptors (Lipinski definition) is 1. The maximum Gasteiger partial charge on any atom is 0.222 e. The predicted molar refractivity (Wildman–Crippen MR) is 139 cm³/mol. The number of amides is 1. The molecule has 0 unspecified atom stereocenters. The van der Waals surface area contributed by atoms with E-state index in [0.717, 1.165) is 36.7 Å². The molecule has 0 bridgehead atoms. The molecule has 0 saturated carbocycles. The third-order valence-electron chi connectivity index (χ3n) is 6.17. The zero-order chi connectivity index (χ0) is 22.4. The van der Waals surface area contributed by atoms with Crippen molar-refractivity contribution in [1.29, 1.82) is 0 Å². The summed E-state index contributed by atoms with van der Waals surface area (Å²) in [7, 11) is 0. The van der Waals surface area contributed by atoms with E-state index in [1.165, 1.54) is 55.0 Å². The Kier molecular flexibility index (Phi) is 10.9. The first-order chi connectivity index (χ1) is 15.8. The lowest BCUT2D eigenvalue weighted by atomic mass is 10.1. The van der Waals surface area contributed by atoms with Crippen LogP contribution in [-0.4, -0.2) is 27.7 Å². The van der Waals surface area contributed by atoms with Crippen LogP contribution in [-0.2, 0) is 17.8 Å². The maximum absolute atomic E-state index is 13.1. The Labute approximate surface area is 201 Å². The average molecular weight is 498 g/mol. The largest absolute Gasteiger partial charge is 0.361 e. The molecular formula is C28H37BrN2O. The summed E-state index contributed by atoms with van der Waals surface area (Å²) < 4.78 is 0. The molecule has 2 aromatic carbocycles. The van der Waals surface area contributed by atoms with Crippen LogP contribution in [0.1, 0.15) is 68.9 Å². The lowest BCUT2D eigenvalue weighted by molar-refractivity contribution is -0.131. The number of nitrogens with one attached hydrogen (secondary N) is 1. The zero-order valence-corrected chi connectivity index (χ0v) is 20.8. The molecule has 0 radical (unpaired) electrons. The molecule has 0 aliphatic heterocycles. The first-order valence-electron chi connectivity index (χ1n) is 12.2. The summed E-state index contributed by atoms with van der Waals surface area (Å²) in [5, 5.41) is 2.38. The van der Waals surface area contributed by atoms with Gasteiger partial charge in [0, 0.05) is 41.9 Å². The van der Waals surface area contributed by atoms with Crippen LogP contribution >= 0.6 is 15.9 Å². The van der Waals surface area contributed by atoms with Crippen LogP contribution in [0.2, 0.25) is 0 Å². The molecule has 0 aliphatic rings. The number of para-hydroxylation sites is 1. The van der Waals surface area contributed by atoms with Gasteiger partial charge in [-0.05, 0) is 36.5 Å². The van der Waals surface area contributed by atoms with Crippen molar-refractivity contribution < 1.29 is 4.79 Å². The van der Waals surface area contributed by atoms with Gasteiger partial charge >= 0.3 is 0 Å². The summed E-state index contributed by atoms with van der Waals surface area (Å²) in [6.45, 7) is 1.44. The highest BCUT2D eigenvalue weighted by Crippen LogP contribution is 2.19.